The highest BCUT2D eigenvalue weighted by atomic mass is 16.7. The first-order valence-corrected chi connectivity index (χ1v) is 6.93. The maximum absolute atomic E-state index is 5.81. The van der Waals surface area contributed by atoms with Crippen LogP contribution in [0.1, 0.15) is 25.5 Å². The molecule has 0 heterocycles. The Hall–Kier alpha value is -1.78. The molecule has 2 unspecified atom stereocenters. The van der Waals surface area contributed by atoms with Crippen LogP contribution in [0.2, 0.25) is 0 Å². The lowest BCUT2D eigenvalue weighted by Gasteiger charge is -2.21. The Morgan fingerprint density at radius 3 is 2.24 bits per heavy atom. The highest BCUT2D eigenvalue weighted by molar-refractivity contribution is 5.90. The Kier molecular flexibility index (Phi) is 5.04. The van der Waals surface area contributed by atoms with E-state index in [9.17, 15) is 0 Å². The molecule has 114 valence electrons. The second kappa shape index (κ2) is 6.78. The van der Waals surface area contributed by atoms with Gasteiger partial charge in [-0.25, -0.2) is 0 Å². The smallest absolute Gasteiger partial charge is 0.155 e. The van der Waals surface area contributed by atoms with Crippen molar-refractivity contribution in [2.45, 2.75) is 26.2 Å². The van der Waals surface area contributed by atoms with Crippen molar-refractivity contribution in [2.75, 3.05) is 21.3 Å². The zero-order valence-corrected chi connectivity index (χ0v) is 13.2. The van der Waals surface area contributed by atoms with Gasteiger partial charge >= 0.3 is 0 Å². The number of rotatable bonds is 6. The maximum atomic E-state index is 5.81. The first-order valence-electron chi connectivity index (χ1n) is 6.93. The van der Waals surface area contributed by atoms with Gasteiger partial charge in [-0.15, -0.1) is 0 Å². The average Bonchev–Trinajstić information content (AvgIpc) is 2.52. The topological polar surface area (TPSA) is 36.9 Å². The van der Waals surface area contributed by atoms with Gasteiger partial charge in [-0.1, -0.05) is 12.1 Å². The molecule has 2 aromatic carbocycles. The van der Waals surface area contributed by atoms with E-state index in [-0.39, 0.29) is 12.4 Å². The van der Waals surface area contributed by atoms with Gasteiger partial charge in [-0.2, -0.15) is 0 Å². The molecule has 0 aliphatic rings. The van der Waals surface area contributed by atoms with E-state index in [2.05, 4.69) is 6.07 Å². The summed E-state index contributed by atoms with van der Waals surface area (Å²) < 4.78 is 21.9. The van der Waals surface area contributed by atoms with Crippen LogP contribution in [0.5, 0.6) is 11.5 Å². The fourth-order valence-corrected chi connectivity index (χ4v) is 2.38. The first kappa shape index (κ1) is 15.6. The van der Waals surface area contributed by atoms with E-state index < -0.39 is 0 Å². The van der Waals surface area contributed by atoms with Gasteiger partial charge in [-0.05, 0) is 37.4 Å². The van der Waals surface area contributed by atoms with Crippen LogP contribution < -0.4 is 9.47 Å². The molecule has 0 aliphatic heterocycles. The molecule has 2 aromatic rings. The van der Waals surface area contributed by atoms with Gasteiger partial charge in [0.2, 0.25) is 0 Å². The second-order valence-corrected chi connectivity index (χ2v) is 4.86. The SMILES string of the molecule is COc1cc2cccc(OC)c2cc1C(C)OC(C)OC. The molecule has 0 saturated carbocycles. The standard InChI is InChI=1S/C17H22O4/c1-11(21-12(2)18-3)14-10-15-13(9-17(14)20-5)7-6-8-16(15)19-4/h6-12H,1-5H3. The van der Waals surface area contributed by atoms with E-state index in [1.807, 2.05) is 38.1 Å². The summed E-state index contributed by atoms with van der Waals surface area (Å²) in [4.78, 5) is 0. The second-order valence-electron chi connectivity index (χ2n) is 4.86. The van der Waals surface area contributed by atoms with Crippen LogP contribution >= 0.6 is 0 Å². The van der Waals surface area contributed by atoms with Crippen LogP contribution in [0.4, 0.5) is 0 Å². The number of hydrogen-bond acceptors (Lipinski definition) is 4. The van der Waals surface area contributed by atoms with Crippen molar-refractivity contribution in [3.8, 4) is 11.5 Å². The van der Waals surface area contributed by atoms with Crippen molar-refractivity contribution in [1.82, 2.24) is 0 Å². The van der Waals surface area contributed by atoms with Gasteiger partial charge in [0, 0.05) is 18.1 Å². The molecule has 0 radical (unpaired) electrons. The summed E-state index contributed by atoms with van der Waals surface area (Å²) in [6.07, 6.45) is -0.428. The fraction of sp³-hybridized carbons (Fsp3) is 0.412. The van der Waals surface area contributed by atoms with Gasteiger partial charge in [0.15, 0.2) is 6.29 Å². The van der Waals surface area contributed by atoms with Gasteiger partial charge < -0.3 is 18.9 Å². The molecule has 0 spiro atoms. The van der Waals surface area contributed by atoms with Crippen molar-refractivity contribution in [3.63, 3.8) is 0 Å². The minimum Gasteiger partial charge on any atom is -0.496 e. The molecule has 0 aromatic heterocycles. The maximum Gasteiger partial charge on any atom is 0.155 e. The molecule has 2 rings (SSSR count). The summed E-state index contributed by atoms with van der Waals surface area (Å²) in [5, 5.41) is 2.11. The zero-order chi connectivity index (χ0) is 15.4. The van der Waals surface area contributed by atoms with E-state index in [1.165, 1.54) is 0 Å². The van der Waals surface area contributed by atoms with Crippen LogP contribution in [0.3, 0.4) is 0 Å². The number of methoxy groups -OCH3 is 3. The van der Waals surface area contributed by atoms with E-state index >= 15 is 0 Å². The predicted octanol–water partition coefficient (Wildman–Crippen LogP) is 3.93. The Bertz CT molecular complexity index is 609. The third kappa shape index (κ3) is 3.28. The normalized spacial score (nSPS) is 14.0. The van der Waals surface area contributed by atoms with Crippen molar-refractivity contribution in [3.05, 3.63) is 35.9 Å². The molecule has 4 heteroatoms. The molecule has 0 fully saturated rings. The lowest BCUT2D eigenvalue weighted by Crippen LogP contribution is -2.14. The molecule has 0 saturated heterocycles. The van der Waals surface area contributed by atoms with E-state index in [1.54, 1.807) is 21.3 Å². The average molecular weight is 290 g/mol. The van der Waals surface area contributed by atoms with Crippen molar-refractivity contribution >= 4 is 10.8 Å². The number of benzene rings is 2. The Morgan fingerprint density at radius 2 is 1.62 bits per heavy atom. The van der Waals surface area contributed by atoms with E-state index in [4.69, 9.17) is 18.9 Å². The Morgan fingerprint density at radius 1 is 0.905 bits per heavy atom. The third-order valence-corrected chi connectivity index (χ3v) is 3.58. The number of hydrogen-bond donors (Lipinski definition) is 0. The summed E-state index contributed by atoms with van der Waals surface area (Å²) in [7, 11) is 4.96. The van der Waals surface area contributed by atoms with Gasteiger partial charge in [0.1, 0.15) is 11.5 Å². The summed E-state index contributed by atoms with van der Waals surface area (Å²) in [5.74, 6) is 1.63. The molecule has 4 nitrogen and oxygen atoms in total. The van der Waals surface area contributed by atoms with E-state index in [0.29, 0.717) is 0 Å². The van der Waals surface area contributed by atoms with Gasteiger partial charge in [-0.3, -0.25) is 0 Å². The third-order valence-electron chi connectivity index (χ3n) is 3.58. The summed E-state index contributed by atoms with van der Waals surface area (Å²) in [6, 6.07) is 10.0. The summed E-state index contributed by atoms with van der Waals surface area (Å²) in [6.45, 7) is 3.85. The molecule has 2 atom stereocenters. The molecule has 0 bridgehead atoms. The quantitative estimate of drug-likeness (QED) is 0.755. The lowest BCUT2D eigenvalue weighted by molar-refractivity contribution is -0.141. The molecule has 21 heavy (non-hydrogen) atoms. The van der Waals surface area contributed by atoms with Crippen molar-refractivity contribution in [2.24, 2.45) is 0 Å². The monoisotopic (exact) mass is 290 g/mol. The minimum absolute atomic E-state index is 0.149. The highest BCUT2D eigenvalue weighted by Crippen LogP contribution is 2.36. The van der Waals surface area contributed by atoms with Gasteiger partial charge in [0.25, 0.3) is 0 Å². The van der Waals surface area contributed by atoms with Gasteiger partial charge in [0.05, 0.1) is 20.3 Å². The number of ether oxygens (including phenoxy) is 4. The van der Waals surface area contributed by atoms with Crippen LogP contribution in [-0.2, 0) is 9.47 Å². The molecular formula is C17H22O4. The predicted molar refractivity (Wildman–Crippen MR) is 83.0 cm³/mol. The zero-order valence-electron chi connectivity index (χ0n) is 13.2. The van der Waals surface area contributed by atoms with Crippen LogP contribution in [0.15, 0.2) is 30.3 Å². The van der Waals surface area contributed by atoms with Crippen LogP contribution in [0, 0.1) is 0 Å². The lowest BCUT2D eigenvalue weighted by atomic mass is 10.0. The summed E-state index contributed by atoms with van der Waals surface area (Å²) in [5.41, 5.74) is 0.971. The number of fused-ring (bicyclic) bond motifs is 1. The molecule has 0 N–H and O–H groups in total. The summed E-state index contributed by atoms with van der Waals surface area (Å²) >= 11 is 0. The molecule has 0 amide bonds. The Labute approximate surface area is 125 Å². The van der Waals surface area contributed by atoms with Crippen LogP contribution in [0.25, 0.3) is 10.8 Å². The van der Waals surface area contributed by atoms with Crippen LogP contribution in [-0.4, -0.2) is 27.6 Å². The minimum atomic E-state index is -0.280. The highest BCUT2D eigenvalue weighted by Gasteiger charge is 2.17. The molecular weight excluding hydrogens is 268 g/mol. The first-order chi connectivity index (χ1) is 10.1. The largest absolute Gasteiger partial charge is 0.496 e. The van der Waals surface area contributed by atoms with E-state index in [0.717, 1.165) is 27.8 Å². The van der Waals surface area contributed by atoms with Crippen molar-refractivity contribution in [1.29, 1.82) is 0 Å². The fourth-order valence-electron chi connectivity index (χ4n) is 2.38. The Balaban J connectivity index is 2.50. The molecule has 0 aliphatic carbocycles. The van der Waals surface area contributed by atoms with Crippen molar-refractivity contribution < 1.29 is 18.9 Å².